The van der Waals surface area contributed by atoms with Crippen LogP contribution in [0, 0.1) is 20.8 Å². The summed E-state index contributed by atoms with van der Waals surface area (Å²) in [7, 11) is 0. The molecule has 0 aliphatic carbocycles. The third-order valence-electron chi connectivity index (χ3n) is 7.66. The van der Waals surface area contributed by atoms with Crippen molar-refractivity contribution in [1.29, 1.82) is 0 Å². The fourth-order valence-electron chi connectivity index (χ4n) is 5.11. The van der Waals surface area contributed by atoms with Crippen molar-refractivity contribution in [2.24, 2.45) is 0 Å². The molecule has 1 unspecified atom stereocenters. The lowest BCUT2D eigenvalue weighted by Gasteiger charge is -2.26. The summed E-state index contributed by atoms with van der Waals surface area (Å²) in [4.78, 5) is 2.34. The van der Waals surface area contributed by atoms with Crippen LogP contribution >= 0.6 is 0 Å². The largest absolute Gasteiger partial charge is 0.311 e. The molecule has 5 rings (SSSR count). The first kappa shape index (κ1) is 25.5. The van der Waals surface area contributed by atoms with E-state index in [0.29, 0.717) is 5.92 Å². The smallest absolute Gasteiger partial charge is 0.0462 e. The molecular weight excluding hydrogens is 458 g/mol. The van der Waals surface area contributed by atoms with Gasteiger partial charge in [-0.25, -0.2) is 0 Å². The van der Waals surface area contributed by atoms with Crippen LogP contribution in [-0.4, -0.2) is 0 Å². The number of rotatable bonds is 7. The highest BCUT2D eigenvalue weighted by atomic mass is 15.1. The second-order valence-electron chi connectivity index (χ2n) is 10.5. The second kappa shape index (κ2) is 11.1. The standard InChI is InChI=1S/C37H37N/c1-6-28(4)30-14-20-35(21-15-30)38(34-18-7-26(2)8-19-34)36-22-16-32(17-23-36)31-10-12-33(13-11-31)37-24-9-27(3)25-29(37)5/h7-25,28H,6H2,1-5H3. The molecule has 5 aromatic rings. The van der Waals surface area contributed by atoms with Gasteiger partial charge in [-0.05, 0) is 103 Å². The summed E-state index contributed by atoms with van der Waals surface area (Å²) in [5.41, 5.74) is 13.8. The average Bonchev–Trinajstić information content (AvgIpc) is 2.95. The van der Waals surface area contributed by atoms with Gasteiger partial charge in [0.15, 0.2) is 0 Å². The molecule has 0 N–H and O–H groups in total. The Balaban J connectivity index is 1.45. The predicted molar refractivity (Wildman–Crippen MR) is 165 cm³/mol. The molecule has 0 aliphatic heterocycles. The number of aryl methyl sites for hydroxylation is 3. The Kier molecular flexibility index (Phi) is 7.47. The molecule has 0 saturated carbocycles. The van der Waals surface area contributed by atoms with Gasteiger partial charge in [0.25, 0.3) is 0 Å². The van der Waals surface area contributed by atoms with Crippen LogP contribution in [0.15, 0.2) is 115 Å². The van der Waals surface area contributed by atoms with E-state index in [1.807, 2.05) is 0 Å². The maximum absolute atomic E-state index is 2.34. The molecule has 0 aromatic heterocycles. The first-order valence-electron chi connectivity index (χ1n) is 13.7. The maximum atomic E-state index is 2.34. The van der Waals surface area contributed by atoms with Gasteiger partial charge in [0, 0.05) is 17.1 Å². The molecule has 0 aliphatic rings. The van der Waals surface area contributed by atoms with Gasteiger partial charge < -0.3 is 4.90 Å². The lowest BCUT2D eigenvalue weighted by molar-refractivity contribution is 0.733. The number of hydrogen-bond donors (Lipinski definition) is 0. The van der Waals surface area contributed by atoms with Crippen LogP contribution in [0.2, 0.25) is 0 Å². The van der Waals surface area contributed by atoms with E-state index in [1.165, 1.54) is 50.2 Å². The number of hydrogen-bond acceptors (Lipinski definition) is 1. The quantitative estimate of drug-likeness (QED) is 0.217. The monoisotopic (exact) mass is 495 g/mol. The van der Waals surface area contributed by atoms with E-state index in [2.05, 4.69) is 155 Å². The van der Waals surface area contributed by atoms with Crippen LogP contribution in [-0.2, 0) is 0 Å². The zero-order valence-corrected chi connectivity index (χ0v) is 23.2. The van der Waals surface area contributed by atoms with Crippen LogP contribution < -0.4 is 4.90 Å². The van der Waals surface area contributed by atoms with E-state index in [-0.39, 0.29) is 0 Å². The molecule has 1 nitrogen and oxygen atoms in total. The Bertz CT molecular complexity index is 1490. The van der Waals surface area contributed by atoms with Crippen LogP contribution in [0.5, 0.6) is 0 Å². The summed E-state index contributed by atoms with van der Waals surface area (Å²) in [6.45, 7) is 11.0. The molecule has 1 heteroatoms. The Morgan fingerprint density at radius 1 is 0.526 bits per heavy atom. The molecule has 0 radical (unpaired) electrons. The van der Waals surface area contributed by atoms with E-state index < -0.39 is 0 Å². The van der Waals surface area contributed by atoms with Gasteiger partial charge in [-0.3, -0.25) is 0 Å². The van der Waals surface area contributed by atoms with Crippen molar-refractivity contribution in [2.45, 2.75) is 47.0 Å². The SMILES string of the molecule is CCC(C)c1ccc(N(c2ccc(C)cc2)c2ccc(-c3ccc(-c4ccc(C)cc4C)cc3)cc2)cc1. The van der Waals surface area contributed by atoms with Crippen LogP contribution in [0.25, 0.3) is 22.3 Å². The van der Waals surface area contributed by atoms with Crippen molar-refractivity contribution in [1.82, 2.24) is 0 Å². The minimum absolute atomic E-state index is 0.567. The summed E-state index contributed by atoms with van der Waals surface area (Å²) in [6, 6.07) is 42.3. The Morgan fingerprint density at radius 3 is 1.50 bits per heavy atom. The molecule has 5 aromatic carbocycles. The average molecular weight is 496 g/mol. The van der Waals surface area contributed by atoms with E-state index in [1.54, 1.807) is 0 Å². The molecule has 0 fully saturated rings. The molecule has 0 bridgehead atoms. The van der Waals surface area contributed by atoms with Crippen molar-refractivity contribution in [2.75, 3.05) is 4.90 Å². The predicted octanol–water partition coefficient (Wildman–Crippen LogP) is 10.9. The molecular formula is C37H37N. The highest BCUT2D eigenvalue weighted by Crippen LogP contribution is 2.37. The third-order valence-corrected chi connectivity index (χ3v) is 7.66. The number of benzene rings is 5. The fraction of sp³-hybridized carbons (Fsp3) is 0.189. The topological polar surface area (TPSA) is 3.24 Å². The van der Waals surface area contributed by atoms with Gasteiger partial charge in [-0.1, -0.05) is 104 Å². The van der Waals surface area contributed by atoms with Crippen molar-refractivity contribution in [3.63, 3.8) is 0 Å². The van der Waals surface area contributed by atoms with E-state index >= 15 is 0 Å². The highest BCUT2D eigenvalue weighted by molar-refractivity contribution is 5.79. The summed E-state index contributed by atoms with van der Waals surface area (Å²) in [5.74, 6) is 0.567. The van der Waals surface area contributed by atoms with Crippen LogP contribution in [0.1, 0.15) is 48.4 Å². The normalized spacial score (nSPS) is 11.8. The Labute approximate surface area is 228 Å². The minimum Gasteiger partial charge on any atom is -0.311 e. The van der Waals surface area contributed by atoms with Gasteiger partial charge in [0.1, 0.15) is 0 Å². The lowest BCUT2D eigenvalue weighted by Crippen LogP contribution is -2.10. The number of anilines is 3. The Hall–Kier alpha value is -4.10. The van der Waals surface area contributed by atoms with Crippen LogP contribution in [0.4, 0.5) is 17.1 Å². The van der Waals surface area contributed by atoms with Crippen LogP contribution in [0.3, 0.4) is 0 Å². The molecule has 1 atom stereocenters. The lowest BCUT2D eigenvalue weighted by atomic mass is 9.96. The molecule has 0 spiro atoms. The summed E-state index contributed by atoms with van der Waals surface area (Å²) < 4.78 is 0. The zero-order chi connectivity index (χ0) is 26.6. The fourth-order valence-corrected chi connectivity index (χ4v) is 5.11. The summed E-state index contributed by atoms with van der Waals surface area (Å²) in [5, 5.41) is 0. The van der Waals surface area contributed by atoms with E-state index in [9.17, 15) is 0 Å². The molecule has 0 amide bonds. The van der Waals surface area contributed by atoms with Gasteiger partial charge in [-0.2, -0.15) is 0 Å². The zero-order valence-electron chi connectivity index (χ0n) is 23.2. The van der Waals surface area contributed by atoms with Crippen molar-refractivity contribution < 1.29 is 0 Å². The van der Waals surface area contributed by atoms with E-state index in [0.717, 1.165) is 17.8 Å². The Morgan fingerprint density at radius 2 is 0.974 bits per heavy atom. The molecule has 0 saturated heterocycles. The van der Waals surface area contributed by atoms with Gasteiger partial charge in [0.2, 0.25) is 0 Å². The van der Waals surface area contributed by atoms with Crippen molar-refractivity contribution in [3.05, 3.63) is 138 Å². The minimum atomic E-state index is 0.567. The summed E-state index contributed by atoms with van der Waals surface area (Å²) >= 11 is 0. The molecule has 38 heavy (non-hydrogen) atoms. The molecule has 190 valence electrons. The first-order chi connectivity index (χ1) is 18.4. The highest BCUT2D eigenvalue weighted by Gasteiger charge is 2.14. The van der Waals surface area contributed by atoms with Crippen molar-refractivity contribution >= 4 is 17.1 Å². The van der Waals surface area contributed by atoms with Gasteiger partial charge >= 0.3 is 0 Å². The van der Waals surface area contributed by atoms with Crippen molar-refractivity contribution in [3.8, 4) is 22.3 Å². The maximum Gasteiger partial charge on any atom is 0.0462 e. The van der Waals surface area contributed by atoms with Gasteiger partial charge in [0.05, 0.1) is 0 Å². The number of nitrogens with zero attached hydrogens (tertiary/aromatic N) is 1. The first-order valence-corrected chi connectivity index (χ1v) is 13.7. The third kappa shape index (κ3) is 5.43. The molecule has 0 heterocycles. The van der Waals surface area contributed by atoms with E-state index in [4.69, 9.17) is 0 Å². The van der Waals surface area contributed by atoms with Gasteiger partial charge in [-0.15, -0.1) is 0 Å². The second-order valence-corrected chi connectivity index (χ2v) is 10.5. The summed E-state index contributed by atoms with van der Waals surface area (Å²) in [6.07, 6.45) is 1.15.